The quantitative estimate of drug-likeness (QED) is 0.790. The maximum atomic E-state index is 13.7. The van der Waals surface area contributed by atoms with Gasteiger partial charge in [-0.2, -0.15) is 13.2 Å². The van der Waals surface area contributed by atoms with Gasteiger partial charge < -0.3 is 10.3 Å². The summed E-state index contributed by atoms with van der Waals surface area (Å²) in [6.07, 6.45) is -3.49. The van der Waals surface area contributed by atoms with E-state index in [4.69, 9.17) is 0 Å². The number of amides is 1. The first kappa shape index (κ1) is 19.0. The number of benzene rings is 1. The second kappa shape index (κ2) is 6.75. The third-order valence-corrected chi connectivity index (χ3v) is 4.15. The van der Waals surface area contributed by atoms with Crippen LogP contribution in [-0.4, -0.2) is 15.9 Å². The number of carbonyl (C=O) groups excluding carboxylic acids is 1. The maximum Gasteiger partial charge on any atom is 0.422 e. The summed E-state index contributed by atoms with van der Waals surface area (Å²) in [4.78, 5) is 30.5. The molecule has 144 valence electrons. The fourth-order valence-corrected chi connectivity index (χ4v) is 2.61. The van der Waals surface area contributed by atoms with Crippen LogP contribution in [0.4, 0.5) is 22.0 Å². The second-order valence-electron chi connectivity index (χ2n) is 6.34. The van der Waals surface area contributed by atoms with Gasteiger partial charge in [-0.1, -0.05) is 0 Å². The van der Waals surface area contributed by atoms with Crippen LogP contribution in [0.5, 0.6) is 0 Å². The van der Waals surface area contributed by atoms with Crippen LogP contribution in [0.15, 0.2) is 23.0 Å². The molecule has 3 rings (SSSR count). The molecule has 0 bridgehead atoms. The standard InChI is InChI=1S/C17H14F5N3O2/c1-7(9-4-10(18)14(11(19)5-9)17(20,21)22)23-16(27)12-6-13(26)25-15(24-12)8-2-3-8/h4-8H,2-3H2,1H3,(H,23,27)(H,24,25,26)/t7-/m1/s1. The number of rotatable bonds is 4. The summed E-state index contributed by atoms with van der Waals surface area (Å²) < 4.78 is 65.3. The summed E-state index contributed by atoms with van der Waals surface area (Å²) in [6, 6.07) is 0.978. The van der Waals surface area contributed by atoms with E-state index in [2.05, 4.69) is 15.3 Å². The Kier molecular flexibility index (Phi) is 4.75. The van der Waals surface area contributed by atoms with Crippen LogP contribution in [0.3, 0.4) is 0 Å². The van der Waals surface area contributed by atoms with Gasteiger partial charge in [0.1, 0.15) is 28.7 Å². The smallest absolute Gasteiger partial charge is 0.344 e. The Hall–Kier alpha value is -2.78. The predicted molar refractivity (Wildman–Crippen MR) is 84.1 cm³/mol. The number of nitrogens with zero attached hydrogens (tertiary/aromatic N) is 1. The van der Waals surface area contributed by atoms with Crippen molar-refractivity contribution in [2.24, 2.45) is 0 Å². The number of alkyl halides is 3. The minimum atomic E-state index is -5.17. The number of hydrogen-bond donors (Lipinski definition) is 2. The fourth-order valence-electron chi connectivity index (χ4n) is 2.61. The number of H-pyrrole nitrogens is 1. The highest BCUT2D eigenvalue weighted by Crippen LogP contribution is 2.37. The molecule has 1 fully saturated rings. The highest BCUT2D eigenvalue weighted by Gasteiger charge is 2.38. The van der Waals surface area contributed by atoms with Gasteiger partial charge in [-0.25, -0.2) is 13.8 Å². The minimum absolute atomic E-state index is 0.0842. The fraction of sp³-hybridized carbons (Fsp3) is 0.353. The van der Waals surface area contributed by atoms with E-state index in [-0.39, 0.29) is 17.2 Å². The van der Waals surface area contributed by atoms with Crippen LogP contribution in [0.25, 0.3) is 0 Å². The lowest BCUT2D eigenvalue weighted by Gasteiger charge is -2.17. The third-order valence-electron chi connectivity index (χ3n) is 4.15. The van der Waals surface area contributed by atoms with Crippen LogP contribution in [-0.2, 0) is 6.18 Å². The Bertz CT molecular complexity index is 927. The van der Waals surface area contributed by atoms with Gasteiger partial charge in [-0.05, 0) is 37.5 Å². The Morgan fingerprint density at radius 3 is 2.33 bits per heavy atom. The first-order chi connectivity index (χ1) is 12.6. The lowest BCUT2D eigenvalue weighted by atomic mass is 10.0. The minimum Gasteiger partial charge on any atom is -0.344 e. The molecule has 2 aromatic rings. The monoisotopic (exact) mass is 387 g/mol. The van der Waals surface area contributed by atoms with E-state index in [0.29, 0.717) is 18.0 Å². The molecule has 0 aliphatic heterocycles. The number of hydrogen-bond acceptors (Lipinski definition) is 3. The van der Waals surface area contributed by atoms with Gasteiger partial charge in [0.15, 0.2) is 0 Å². The van der Waals surface area contributed by atoms with Crippen molar-refractivity contribution in [3.05, 3.63) is 62.8 Å². The van der Waals surface area contributed by atoms with E-state index < -0.39 is 40.9 Å². The lowest BCUT2D eigenvalue weighted by molar-refractivity contribution is -0.142. The Balaban J connectivity index is 1.82. The molecule has 1 amide bonds. The van der Waals surface area contributed by atoms with Crippen molar-refractivity contribution in [2.45, 2.75) is 37.9 Å². The SMILES string of the molecule is C[C@@H](NC(=O)c1cc(=O)[nH]c(C2CC2)n1)c1cc(F)c(C(F)(F)F)c(F)c1. The van der Waals surface area contributed by atoms with Gasteiger partial charge in [0.2, 0.25) is 0 Å². The van der Waals surface area contributed by atoms with Crippen LogP contribution in [0, 0.1) is 11.6 Å². The van der Waals surface area contributed by atoms with E-state index in [1.165, 1.54) is 6.92 Å². The molecule has 1 aliphatic rings. The van der Waals surface area contributed by atoms with E-state index in [9.17, 15) is 31.5 Å². The van der Waals surface area contributed by atoms with Crippen molar-refractivity contribution in [2.75, 3.05) is 0 Å². The molecule has 0 spiro atoms. The molecule has 10 heteroatoms. The molecule has 5 nitrogen and oxygen atoms in total. The topological polar surface area (TPSA) is 74.8 Å². The van der Waals surface area contributed by atoms with Crippen molar-refractivity contribution in [1.82, 2.24) is 15.3 Å². The average Bonchev–Trinajstić information content (AvgIpc) is 3.36. The molecule has 27 heavy (non-hydrogen) atoms. The number of aromatic nitrogens is 2. The Labute approximate surface area is 149 Å². The molecular formula is C17H14F5N3O2. The summed E-state index contributed by atoms with van der Waals surface area (Å²) in [5.74, 6) is -3.86. The normalized spacial score (nSPS) is 15.5. The zero-order chi connectivity index (χ0) is 19.9. The van der Waals surface area contributed by atoms with E-state index in [0.717, 1.165) is 18.9 Å². The van der Waals surface area contributed by atoms with Gasteiger partial charge in [-0.15, -0.1) is 0 Å². The highest BCUT2D eigenvalue weighted by atomic mass is 19.4. The van der Waals surface area contributed by atoms with E-state index in [1.54, 1.807) is 0 Å². The molecule has 1 aromatic carbocycles. The Morgan fingerprint density at radius 2 is 1.81 bits per heavy atom. The van der Waals surface area contributed by atoms with Crippen LogP contribution >= 0.6 is 0 Å². The van der Waals surface area contributed by atoms with Crippen molar-refractivity contribution in [1.29, 1.82) is 0 Å². The number of halogens is 5. The molecule has 0 radical (unpaired) electrons. The van der Waals surface area contributed by atoms with Gasteiger partial charge >= 0.3 is 6.18 Å². The van der Waals surface area contributed by atoms with Crippen molar-refractivity contribution in [3.8, 4) is 0 Å². The summed E-state index contributed by atoms with van der Waals surface area (Å²) >= 11 is 0. The molecule has 1 aliphatic carbocycles. The van der Waals surface area contributed by atoms with Crippen molar-refractivity contribution < 1.29 is 26.7 Å². The van der Waals surface area contributed by atoms with Gasteiger partial charge in [0, 0.05) is 12.0 Å². The molecule has 1 heterocycles. The van der Waals surface area contributed by atoms with Crippen LogP contribution < -0.4 is 10.9 Å². The second-order valence-corrected chi connectivity index (χ2v) is 6.34. The molecule has 1 aromatic heterocycles. The summed E-state index contributed by atoms with van der Waals surface area (Å²) in [5, 5.41) is 2.37. The summed E-state index contributed by atoms with van der Waals surface area (Å²) in [5.41, 5.74) is -2.88. The lowest BCUT2D eigenvalue weighted by Crippen LogP contribution is -2.29. The highest BCUT2D eigenvalue weighted by molar-refractivity contribution is 5.92. The molecule has 1 saturated carbocycles. The van der Waals surface area contributed by atoms with Crippen LogP contribution in [0.2, 0.25) is 0 Å². The predicted octanol–water partition coefficient (Wildman–Crippen LogP) is 3.44. The third kappa shape index (κ3) is 4.15. The number of carbonyl (C=O) groups is 1. The number of nitrogens with one attached hydrogen (secondary N) is 2. The molecular weight excluding hydrogens is 373 g/mol. The first-order valence-electron chi connectivity index (χ1n) is 8.04. The average molecular weight is 387 g/mol. The molecule has 0 saturated heterocycles. The van der Waals surface area contributed by atoms with Gasteiger partial charge in [0.05, 0.1) is 6.04 Å². The summed E-state index contributed by atoms with van der Waals surface area (Å²) in [7, 11) is 0. The van der Waals surface area contributed by atoms with Crippen molar-refractivity contribution in [3.63, 3.8) is 0 Å². The zero-order valence-electron chi connectivity index (χ0n) is 14.0. The molecule has 2 N–H and O–H groups in total. The van der Waals surface area contributed by atoms with Crippen molar-refractivity contribution >= 4 is 5.91 Å². The first-order valence-corrected chi connectivity index (χ1v) is 8.04. The largest absolute Gasteiger partial charge is 0.422 e. The summed E-state index contributed by atoms with van der Waals surface area (Å²) in [6.45, 7) is 1.34. The van der Waals surface area contributed by atoms with Gasteiger partial charge in [0.25, 0.3) is 11.5 Å². The zero-order valence-corrected chi connectivity index (χ0v) is 14.0. The molecule has 0 unspecified atom stereocenters. The maximum absolute atomic E-state index is 13.7. The Morgan fingerprint density at radius 1 is 1.22 bits per heavy atom. The van der Waals surface area contributed by atoms with E-state index in [1.807, 2.05) is 0 Å². The van der Waals surface area contributed by atoms with E-state index >= 15 is 0 Å². The van der Waals surface area contributed by atoms with Gasteiger partial charge in [-0.3, -0.25) is 9.59 Å². The van der Waals surface area contributed by atoms with Crippen LogP contribution in [0.1, 0.15) is 59.2 Å². The number of aromatic amines is 1. The molecule has 1 atom stereocenters.